The minimum atomic E-state index is -0.634. The number of hydrogen-bond acceptors (Lipinski definition) is 3. The first kappa shape index (κ1) is 12.3. The molecule has 6 heteroatoms. The number of nitrogens with one attached hydrogen (secondary N) is 1. The average Bonchev–Trinajstić information content (AvgIpc) is 2.35. The zero-order valence-corrected chi connectivity index (χ0v) is 9.67. The number of benzene rings is 1. The van der Waals surface area contributed by atoms with Gasteiger partial charge in [-0.1, -0.05) is 11.6 Å². The van der Waals surface area contributed by atoms with Gasteiger partial charge in [0.15, 0.2) is 11.6 Å². The molecule has 0 spiro atoms. The molecule has 0 radical (unpaired) electrons. The van der Waals surface area contributed by atoms with Gasteiger partial charge in [0.1, 0.15) is 11.9 Å². The summed E-state index contributed by atoms with van der Waals surface area (Å²) in [5.41, 5.74) is 0.232. The van der Waals surface area contributed by atoms with Crippen LogP contribution in [0.2, 0.25) is 5.02 Å². The van der Waals surface area contributed by atoms with Crippen LogP contribution in [0.4, 0.5) is 20.3 Å². The van der Waals surface area contributed by atoms with Crippen LogP contribution in [0.25, 0.3) is 0 Å². The van der Waals surface area contributed by atoms with Gasteiger partial charge in [-0.25, -0.2) is 13.8 Å². The molecule has 0 unspecified atom stereocenters. The molecule has 0 saturated heterocycles. The topological polar surface area (TPSA) is 48.7 Å². The minimum absolute atomic E-state index is 0.0464. The molecule has 1 heterocycles. The van der Waals surface area contributed by atoms with E-state index in [-0.39, 0.29) is 16.4 Å². The van der Waals surface area contributed by atoms with Gasteiger partial charge in [-0.15, -0.1) is 0 Å². The number of nitrogens with zero attached hydrogens (tertiary/aromatic N) is 2. The molecule has 90 valence electrons. The summed E-state index contributed by atoms with van der Waals surface area (Å²) < 4.78 is 26.5. The number of pyridine rings is 1. The van der Waals surface area contributed by atoms with E-state index in [2.05, 4.69) is 10.3 Å². The largest absolute Gasteiger partial charge is 0.338 e. The molecule has 1 aromatic heterocycles. The Morgan fingerprint density at radius 1 is 1.22 bits per heavy atom. The second-order valence-corrected chi connectivity index (χ2v) is 3.85. The van der Waals surface area contributed by atoms with Crippen molar-refractivity contribution in [3.8, 4) is 6.07 Å². The Hall–Kier alpha value is -2.19. The van der Waals surface area contributed by atoms with Gasteiger partial charge in [0, 0.05) is 11.9 Å². The van der Waals surface area contributed by atoms with E-state index >= 15 is 0 Å². The SMILES string of the molecule is N#Cc1cc(Nc2ncc(Cl)cc2F)ccc1F. The van der Waals surface area contributed by atoms with Gasteiger partial charge in [0.05, 0.1) is 10.6 Å². The van der Waals surface area contributed by atoms with Gasteiger partial charge in [-0.05, 0) is 24.3 Å². The van der Waals surface area contributed by atoms with E-state index in [1.807, 2.05) is 0 Å². The summed E-state index contributed by atoms with van der Waals surface area (Å²) in [6, 6.07) is 6.57. The fourth-order valence-corrected chi connectivity index (χ4v) is 1.48. The van der Waals surface area contributed by atoms with Gasteiger partial charge >= 0.3 is 0 Å². The van der Waals surface area contributed by atoms with Crippen LogP contribution in [0.5, 0.6) is 0 Å². The lowest BCUT2D eigenvalue weighted by Gasteiger charge is -2.07. The number of anilines is 2. The van der Waals surface area contributed by atoms with E-state index in [1.165, 1.54) is 18.3 Å². The van der Waals surface area contributed by atoms with Crippen LogP contribution in [0.3, 0.4) is 0 Å². The first-order valence-electron chi connectivity index (χ1n) is 4.88. The fraction of sp³-hybridized carbons (Fsp3) is 0. The Morgan fingerprint density at radius 2 is 2.00 bits per heavy atom. The first-order valence-corrected chi connectivity index (χ1v) is 5.25. The maximum atomic E-state index is 13.4. The number of halogens is 3. The first-order chi connectivity index (χ1) is 8.60. The molecule has 0 atom stereocenters. The summed E-state index contributed by atoms with van der Waals surface area (Å²) >= 11 is 5.57. The molecule has 2 rings (SSSR count). The summed E-state index contributed by atoms with van der Waals surface area (Å²) in [6.07, 6.45) is 1.28. The van der Waals surface area contributed by atoms with Crippen molar-refractivity contribution in [2.24, 2.45) is 0 Å². The zero-order chi connectivity index (χ0) is 13.1. The quantitative estimate of drug-likeness (QED) is 0.902. The molecule has 0 aliphatic carbocycles. The van der Waals surface area contributed by atoms with Gasteiger partial charge in [0.2, 0.25) is 0 Å². The number of nitriles is 1. The number of hydrogen-bond donors (Lipinski definition) is 1. The molecular formula is C12H6ClF2N3. The van der Waals surface area contributed by atoms with E-state index in [0.29, 0.717) is 5.69 Å². The van der Waals surface area contributed by atoms with Crippen LogP contribution in [-0.2, 0) is 0 Å². The molecule has 0 bridgehead atoms. The molecular weight excluding hydrogens is 260 g/mol. The lowest BCUT2D eigenvalue weighted by atomic mass is 10.2. The van der Waals surface area contributed by atoms with Crippen molar-refractivity contribution in [1.29, 1.82) is 5.26 Å². The van der Waals surface area contributed by atoms with Crippen molar-refractivity contribution in [3.63, 3.8) is 0 Å². The zero-order valence-electron chi connectivity index (χ0n) is 8.92. The molecule has 0 aliphatic heterocycles. The van der Waals surface area contributed by atoms with Crippen molar-refractivity contribution in [3.05, 3.63) is 52.7 Å². The average molecular weight is 266 g/mol. The van der Waals surface area contributed by atoms with Crippen LogP contribution < -0.4 is 5.32 Å². The van der Waals surface area contributed by atoms with E-state index in [0.717, 1.165) is 12.1 Å². The Bertz CT molecular complexity index is 638. The van der Waals surface area contributed by atoms with Crippen molar-refractivity contribution >= 4 is 23.1 Å². The maximum Gasteiger partial charge on any atom is 0.167 e. The van der Waals surface area contributed by atoms with E-state index in [9.17, 15) is 8.78 Å². The Balaban J connectivity index is 2.32. The van der Waals surface area contributed by atoms with Crippen LogP contribution in [0, 0.1) is 23.0 Å². The molecule has 0 amide bonds. The van der Waals surface area contributed by atoms with Crippen LogP contribution in [0.15, 0.2) is 30.5 Å². The van der Waals surface area contributed by atoms with Crippen molar-refractivity contribution in [2.75, 3.05) is 5.32 Å². The summed E-state index contributed by atoms with van der Waals surface area (Å²) in [6.45, 7) is 0. The van der Waals surface area contributed by atoms with E-state index < -0.39 is 11.6 Å². The second kappa shape index (κ2) is 4.98. The summed E-state index contributed by atoms with van der Waals surface area (Å²) in [5.74, 6) is -1.31. The molecule has 18 heavy (non-hydrogen) atoms. The molecule has 0 aliphatic rings. The molecule has 1 aromatic carbocycles. The minimum Gasteiger partial charge on any atom is -0.338 e. The molecule has 1 N–H and O–H groups in total. The Labute approximate surface area is 107 Å². The van der Waals surface area contributed by atoms with Gasteiger partial charge in [0.25, 0.3) is 0 Å². The van der Waals surface area contributed by atoms with Gasteiger partial charge in [-0.2, -0.15) is 5.26 Å². The van der Waals surface area contributed by atoms with Crippen molar-refractivity contribution in [1.82, 2.24) is 4.98 Å². The predicted molar refractivity (Wildman–Crippen MR) is 63.6 cm³/mol. The maximum absolute atomic E-state index is 13.4. The third-order valence-corrected chi connectivity index (χ3v) is 2.36. The van der Waals surface area contributed by atoms with Crippen LogP contribution >= 0.6 is 11.6 Å². The Kier molecular flexibility index (Phi) is 3.40. The van der Waals surface area contributed by atoms with Gasteiger partial charge in [-0.3, -0.25) is 0 Å². The van der Waals surface area contributed by atoms with Crippen molar-refractivity contribution < 1.29 is 8.78 Å². The van der Waals surface area contributed by atoms with Crippen molar-refractivity contribution in [2.45, 2.75) is 0 Å². The highest BCUT2D eigenvalue weighted by Crippen LogP contribution is 2.21. The highest BCUT2D eigenvalue weighted by Gasteiger charge is 2.07. The Morgan fingerprint density at radius 3 is 2.67 bits per heavy atom. The fourth-order valence-electron chi connectivity index (χ4n) is 1.33. The number of aromatic nitrogens is 1. The molecule has 2 aromatic rings. The summed E-state index contributed by atoms with van der Waals surface area (Å²) in [5, 5.41) is 11.5. The summed E-state index contributed by atoms with van der Waals surface area (Å²) in [7, 11) is 0. The molecule has 0 fully saturated rings. The van der Waals surface area contributed by atoms with E-state index in [4.69, 9.17) is 16.9 Å². The molecule has 3 nitrogen and oxygen atoms in total. The predicted octanol–water partition coefficient (Wildman–Crippen LogP) is 3.63. The summed E-state index contributed by atoms with van der Waals surface area (Å²) in [4.78, 5) is 3.76. The normalized spacial score (nSPS) is 9.89. The highest BCUT2D eigenvalue weighted by atomic mass is 35.5. The van der Waals surface area contributed by atoms with Crippen LogP contribution in [0.1, 0.15) is 5.56 Å². The third-order valence-electron chi connectivity index (χ3n) is 2.16. The lowest BCUT2D eigenvalue weighted by molar-refractivity contribution is 0.623. The van der Waals surface area contributed by atoms with Gasteiger partial charge < -0.3 is 5.32 Å². The molecule has 0 saturated carbocycles. The highest BCUT2D eigenvalue weighted by molar-refractivity contribution is 6.30. The third kappa shape index (κ3) is 2.55. The smallest absolute Gasteiger partial charge is 0.167 e. The number of rotatable bonds is 2. The lowest BCUT2D eigenvalue weighted by Crippen LogP contribution is -1.98. The van der Waals surface area contributed by atoms with Crippen LogP contribution in [-0.4, -0.2) is 4.98 Å². The van der Waals surface area contributed by atoms with E-state index in [1.54, 1.807) is 6.07 Å². The standard InChI is InChI=1S/C12H6ClF2N3/c13-8-4-11(15)12(17-6-8)18-9-1-2-10(14)7(3-9)5-16/h1-4,6H,(H,17,18). The monoisotopic (exact) mass is 265 g/mol. The second-order valence-electron chi connectivity index (χ2n) is 3.42.